The van der Waals surface area contributed by atoms with E-state index in [2.05, 4.69) is 5.32 Å². The maximum Gasteiger partial charge on any atom is 0.243 e. The van der Waals surface area contributed by atoms with E-state index >= 15 is 0 Å². The van der Waals surface area contributed by atoms with Crippen LogP contribution in [0.4, 0.5) is 0 Å². The van der Waals surface area contributed by atoms with Gasteiger partial charge in [-0.3, -0.25) is 0 Å². The molecule has 1 N–H and O–H groups in total. The van der Waals surface area contributed by atoms with Crippen LogP contribution in [0.1, 0.15) is 38.3 Å². The smallest absolute Gasteiger partial charge is 0.243 e. The van der Waals surface area contributed by atoms with Crippen molar-refractivity contribution in [2.24, 2.45) is 5.92 Å². The third kappa shape index (κ3) is 3.05. The number of hydrogen-bond acceptors (Lipinski definition) is 3. The van der Waals surface area contributed by atoms with Crippen molar-refractivity contribution >= 4 is 10.0 Å². The third-order valence-electron chi connectivity index (χ3n) is 4.37. The molecule has 0 aromatic heterocycles. The van der Waals surface area contributed by atoms with Crippen LogP contribution in [0.5, 0.6) is 0 Å². The summed E-state index contributed by atoms with van der Waals surface area (Å²) in [7, 11) is 0.193. The van der Waals surface area contributed by atoms with Crippen LogP contribution in [-0.4, -0.2) is 32.9 Å². The highest BCUT2D eigenvalue weighted by Crippen LogP contribution is 2.36. The summed E-state index contributed by atoms with van der Waals surface area (Å²) < 4.78 is 26.6. The number of nitrogens with one attached hydrogen (secondary N) is 1. The molecule has 2 unspecified atom stereocenters. The Hall–Kier alpha value is -0.910. The zero-order chi connectivity index (χ0) is 14.9. The Morgan fingerprint density at radius 1 is 1.20 bits per heavy atom. The van der Waals surface area contributed by atoms with Gasteiger partial charge in [0.05, 0.1) is 4.90 Å². The zero-order valence-electron chi connectivity index (χ0n) is 12.6. The Morgan fingerprint density at radius 3 is 2.20 bits per heavy atom. The van der Waals surface area contributed by atoms with Gasteiger partial charge in [-0.2, -0.15) is 4.31 Å². The molecule has 4 nitrogen and oxygen atoms in total. The molecule has 0 bridgehead atoms. The minimum absolute atomic E-state index is 0.0795. The molecule has 1 aliphatic rings. The first kappa shape index (κ1) is 15.5. The number of hydrogen-bond donors (Lipinski definition) is 1. The lowest BCUT2D eigenvalue weighted by Crippen LogP contribution is -2.36. The molecule has 0 amide bonds. The van der Waals surface area contributed by atoms with Crippen LogP contribution in [0.3, 0.4) is 0 Å². The van der Waals surface area contributed by atoms with Gasteiger partial charge in [-0.25, -0.2) is 8.42 Å². The molecule has 1 aromatic carbocycles. The lowest BCUT2D eigenvalue weighted by molar-refractivity contribution is 0.357. The molecule has 0 heterocycles. The Balaban J connectivity index is 2.20. The molecular weight excluding hydrogens is 272 g/mol. The third-order valence-corrected chi connectivity index (χ3v) is 6.33. The predicted molar refractivity (Wildman–Crippen MR) is 81.1 cm³/mol. The SMILES string of the molecule is CNC(C)c1ccc(S(=O)(=O)N(C)C(C)C2CC2)cc1. The monoisotopic (exact) mass is 296 g/mol. The van der Waals surface area contributed by atoms with Gasteiger partial charge >= 0.3 is 0 Å². The van der Waals surface area contributed by atoms with E-state index in [4.69, 9.17) is 0 Å². The fourth-order valence-corrected chi connectivity index (χ4v) is 3.78. The molecule has 1 aromatic rings. The molecule has 2 rings (SSSR count). The van der Waals surface area contributed by atoms with Gasteiger partial charge in [0.1, 0.15) is 0 Å². The number of sulfonamides is 1. The van der Waals surface area contributed by atoms with Gasteiger partial charge in [-0.05, 0) is 57.4 Å². The van der Waals surface area contributed by atoms with Crippen molar-refractivity contribution in [1.29, 1.82) is 0 Å². The normalized spacial score (nSPS) is 19.1. The van der Waals surface area contributed by atoms with Crippen molar-refractivity contribution in [2.75, 3.05) is 14.1 Å². The highest BCUT2D eigenvalue weighted by atomic mass is 32.2. The van der Waals surface area contributed by atoms with Crippen LogP contribution in [0.2, 0.25) is 0 Å². The second-order valence-corrected chi connectivity index (χ2v) is 7.68. The van der Waals surface area contributed by atoms with Crippen molar-refractivity contribution < 1.29 is 8.42 Å². The largest absolute Gasteiger partial charge is 0.313 e. The molecule has 112 valence electrons. The van der Waals surface area contributed by atoms with Gasteiger partial charge in [-0.1, -0.05) is 12.1 Å². The van der Waals surface area contributed by atoms with Gasteiger partial charge in [-0.15, -0.1) is 0 Å². The summed E-state index contributed by atoms with van der Waals surface area (Å²) in [5, 5.41) is 3.14. The van der Waals surface area contributed by atoms with Gasteiger partial charge in [0, 0.05) is 19.1 Å². The topological polar surface area (TPSA) is 49.4 Å². The van der Waals surface area contributed by atoms with Crippen LogP contribution < -0.4 is 5.32 Å². The van der Waals surface area contributed by atoms with Crippen LogP contribution in [0.25, 0.3) is 0 Å². The first-order valence-electron chi connectivity index (χ1n) is 7.13. The summed E-state index contributed by atoms with van der Waals surface area (Å²) in [6.07, 6.45) is 2.28. The van der Waals surface area contributed by atoms with Crippen LogP contribution in [0, 0.1) is 5.92 Å². The maximum atomic E-state index is 12.6. The number of rotatable bonds is 6. The fraction of sp³-hybridized carbons (Fsp3) is 0.600. The molecule has 0 saturated heterocycles. The summed E-state index contributed by atoms with van der Waals surface area (Å²) in [4.78, 5) is 0.375. The second-order valence-electron chi connectivity index (χ2n) is 5.68. The lowest BCUT2D eigenvalue weighted by Gasteiger charge is -2.24. The standard InChI is InChI=1S/C15H24N2O2S/c1-11(16-3)13-7-9-15(10-8-13)20(18,19)17(4)12(2)14-5-6-14/h7-12,14,16H,5-6H2,1-4H3. The van der Waals surface area contributed by atoms with Crippen molar-refractivity contribution in [3.05, 3.63) is 29.8 Å². The van der Waals surface area contributed by atoms with Crippen LogP contribution >= 0.6 is 0 Å². The van der Waals surface area contributed by atoms with E-state index in [1.165, 1.54) is 4.31 Å². The maximum absolute atomic E-state index is 12.6. The van der Waals surface area contributed by atoms with Gasteiger partial charge in [0.25, 0.3) is 0 Å². The molecule has 0 spiro atoms. The molecule has 1 saturated carbocycles. The van der Waals surface area contributed by atoms with Gasteiger partial charge < -0.3 is 5.32 Å². The van der Waals surface area contributed by atoms with E-state index in [-0.39, 0.29) is 12.1 Å². The van der Waals surface area contributed by atoms with Gasteiger partial charge in [0.2, 0.25) is 10.0 Å². The van der Waals surface area contributed by atoms with Crippen LogP contribution in [0.15, 0.2) is 29.2 Å². The Labute approximate surface area is 122 Å². The predicted octanol–water partition coefficient (Wildman–Crippen LogP) is 2.39. The van der Waals surface area contributed by atoms with E-state index < -0.39 is 10.0 Å². The average molecular weight is 296 g/mol. The Morgan fingerprint density at radius 2 is 1.75 bits per heavy atom. The van der Waals surface area contributed by atoms with E-state index in [0.29, 0.717) is 10.8 Å². The Bertz CT molecular complexity index is 550. The minimum atomic E-state index is -3.38. The Kier molecular flexibility index (Phi) is 4.52. The summed E-state index contributed by atoms with van der Waals surface area (Å²) in [5.41, 5.74) is 1.09. The highest BCUT2D eigenvalue weighted by molar-refractivity contribution is 7.89. The summed E-state index contributed by atoms with van der Waals surface area (Å²) >= 11 is 0. The number of nitrogens with zero attached hydrogens (tertiary/aromatic N) is 1. The van der Waals surface area contributed by atoms with E-state index in [1.807, 2.05) is 33.0 Å². The van der Waals surface area contributed by atoms with E-state index in [9.17, 15) is 8.42 Å². The lowest BCUT2D eigenvalue weighted by atomic mass is 10.1. The van der Waals surface area contributed by atoms with Crippen molar-refractivity contribution in [2.45, 2.75) is 43.7 Å². The minimum Gasteiger partial charge on any atom is -0.313 e. The molecule has 0 aliphatic heterocycles. The first-order chi connectivity index (χ1) is 9.37. The van der Waals surface area contributed by atoms with Crippen LogP contribution in [-0.2, 0) is 10.0 Å². The molecule has 2 atom stereocenters. The highest BCUT2D eigenvalue weighted by Gasteiger charge is 2.35. The second kappa shape index (κ2) is 5.84. The molecule has 20 heavy (non-hydrogen) atoms. The summed E-state index contributed by atoms with van der Waals surface area (Å²) in [5.74, 6) is 0.526. The molecular formula is C15H24N2O2S. The van der Waals surface area contributed by atoms with E-state index in [0.717, 1.165) is 18.4 Å². The van der Waals surface area contributed by atoms with Crippen molar-refractivity contribution in [1.82, 2.24) is 9.62 Å². The molecule has 0 radical (unpaired) electrons. The van der Waals surface area contributed by atoms with E-state index in [1.54, 1.807) is 19.2 Å². The molecule has 1 aliphatic carbocycles. The van der Waals surface area contributed by atoms with Crippen molar-refractivity contribution in [3.63, 3.8) is 0 Å². The first-order valence-corrected chi connectivity index (χ1v) is 8.57. The number of benzene rings is 1. The summed E-state index contributed by atoms with van der Waals surface area (Å²) in [6.45, 7) is 4.04. The summed E-state index contributed by atoms with van der Waals surface area (Å²) in [6, 6.07) is 7.46. The zero-order valence-corrected chi connectivity index (χ0v) is 13.4. The molecule has 1 fully saturated rings. The average Bonchev–Trinajstić information content (AvgIpc) is 3.29. The molecule has 5 heteroatoms. The quantitative estimate of drug-likeness (QED) is 0.877. The van der Waals surface area contributed by atoms with Crippen molar-refractivity contribution in [3.8, 4) is 0 Å². The fourth-order valence-electron chi connectivity index (χ4n) is 2.36. The van der Waals surface area contributed by atoms with Gasteiger partial charge in [0.15, 0.2) is 0 Å².